The molecule has 0 aromatic rings. The van der Waals surface area contributed by atoms with Gasteiger partial charge in [-0.05, 0) is 6.92 Å². The largest absolute Gasteiger partial charge is 0.425 e. The second kappa shape index (κ2) is 3.59. The van der Waals surface area contributed by atoms with E-state index in [0.717, 1.165) is 10.5 Å². The van der Waals surface area contributed by atoms with Gasteiger partial charge in [0, 0.05) is 17.4 Å². The smallest absolute Gasteiger partial charge is 0.146 e. The van der Waals surface area contributed by atoms with Crippen molar-refractivity contribution in [1.82, 2.24) is 0 Å². The number of rotatable bonds is 3. The molecule has 0 spiro atoms. The molecule has 0 aliphatic carbocycles. The van der Waals surface area contributed by atoms with E-state index in [0.29, 0.717) is 12.0 Å². The van der Waals surface area contributed by atoms with Gasteiger partial charge in [-0.1, -0.05) is 13.8 Å². The zero-order valence-electron chi connectivity index (χ0n) is 6.57. The summed E-state index contributed by atoms with van der Waals surface area (Å²) in [7, 11) is 0.800. The lowest BCUT2D eigenvalue weighted by Gasteiger charge is -2.28. The van der Waals surface area contributed by atoms with E-state index >= 15 is 0 Å². The third-order valence-corrected chi connectivity index (χ3v) is 3.19. The Kier molecular flexibility index (Phi) is 3.78. The molecule has 0 aromatic carbocycles. The van der Waals surface area contributed by atoms with Crippen LogP contribution in [0.4, 0.5) is 0 Å². The number of halogens is 1. The lowest BCUT2D eigenvalue weighted by atomic mass is 9.90. The predicted molar refractivity (Wildman–Crippen MR) is 45.0 cm³/mol. The molecule has 0 unspecified atom stereocenters. The maximum absolute atomic E-state index is 5.70. The first-order chi connectivity index (χ1) is 4.04. The molecule has 0 saturated heterocycles. The fourth-order valence-corrected chi connectivity index (χ4v) is 1.28. The molecule has 3 heteroatoms. The van der Waals surface area contributed by atoms with Crippen molar-refractivity contribution in [3.63, 3.8) is 0 Å². The molecule has 0 bridgehead atoms. The Balaban J connectivity index is 3.80. The SMILES string of the molecule is C[C@H](O[SiH3])C(C)(C)CCl. The Morgan fingerprint density at radius 2 is 2.11 bits per heavy atom. The quantitative estimate of drug-likeness (QED) is 0.448. The topological polar surface area (TPSA) is 9.23 Å². The van der Waals surface area contributed by atoms with Gasteiger partial charge < -0.3 is 4.43 Å². The van der Waals surface area contributed by atoms with Gasteiger partial charge in [-0.25, -0.2) is 0 Å². The average molecular weight is 167 g/mol. The molecule has 0 saturated carbocycles. The lowest BCUT2D eigenvalue weighted by Crippen LogP contribution is -2.30. The van der Waals surface area contributed by atoms with E-state index in [4.69, 9.17) is 16.0 Å². The van der Waals surface area contributed by atoms with Gasteiger partial charge in [0.1, 0.15) is 10.5 Å². The van der Waals surface area contributed by atoms with Crippen LogP contribution in [0.2, 0.25) is 0 Å². The van der Waals surface area contributed by atoms with E-state index in [9.17, 15) is 0 Å². The summed E-state index contributed by atoms with van der Waals surface area (Å²) < 4.78 is 5.26. The standard InChI is InChI=1S/C6H15ClOSi/c1-5(8-9)6(2,3)4-7/h5H,4H2,1-3,9H3/t5-/m0/s1. The van der Waals surface area contributed by atoms with Gasteiger partial charge in [-0.2, -0.15) is 0 Å². The highest BCUT2D eigenvalue weighted by molar-refractivity contribution is 6.18. The van der Waals surface area contributed by atoms with Crippen molar-refractivity contribution >= 4 is 22.1 Å². The molecule has 0 fully saturated rings. The van der Waals surface area contributed by atoms with Gasteiger partial charge in [-0.15, -0.1) is 11.6 Å². The van der Waals surface area contributed by atoms with E-state index in [1.54, 1.807) is 0 Å². The lowest BCUT2D eigenvalue weighted by molar-refractivity contribution is 0.117. The molecule has 0 heterocycles. The van der Waals surface area contributed by atoms with Crippen LogP contribution >= 0.6 is 11.6 Å². The minimum atomic E-state index is 0.128. The minimum Gasteiger partial charge on any atom is -0.425 e. The van der Waals surface area contributed by atoms with Crippen LogP contribution in [-0.4, -0.2) is 22.5 Å². The van der Waals surface area contributed by atoms with Gasteiger partial charge >= 0.3 is 0 Å². The normalized spacial score (nSPS) is 16.0. The summed E-state index contributed by atoms with van der Waals surface area (Å²) in [6, 6.07) is 0. The zero-order chi connectivity index (χ0) is 7.49. The highest BCUT2D eigenvalue weighted by atomic mass is 35.5. The van der Waals surface area contributed by atoms with Crippen LogP contribution in [0, 0.1) is 5.41 Å². The number of hydrogen-bond acceptors (Lipinski definition) is 1. The van der Waals surface area contributed by atoms with Crippen LogP contribution in [-0.2, 0) is 4.43 Å². The van der Waals surface area contributed by atoms with Crippen molar-refractivity contribution < 1.29 is 4.43 Å². The number of hydrogen-bond donors (Lipinski definition) is 0. The van der Waals surface area contributed by atoms with E-state index < -0.39 is 0 Å². The van der Waals surface area contributed by atoms with E-state index in [-0.39, 0.29) is 5.41 Å². The average Bonchev–Trinajstić information content (AvgIpc) is 1.86. The Morgan fingerprint density at radius 3 is 2.22 bits per heavy atom. The van der Waals surface area contributed by atoms with Crippen LogP contribution in [0.1, 0.15) is 20.8 Å². The molecule has 0 aliphatic heterocycles. The molecule has 0 N–H and O–H groups in total. The summed E-state index contributed by atoms with van der Waals surface area (Å²) in [6.07, 6.45) is 0.293. The van der Waals surface area contributed by atoms with Gasteiger partial charge in [0.05, 0.1) is 0 Å². The Labute approximate surface area is 65.3 Å². The van der Waals surface area contributed by atoms with E-state index in [1.165, 1.54) is 0 Å². The summed E-state index contributed by atoms with van der Waals surface area (Å²) in [5, 5.41) is 0. The van der Waals surface area contributed by atoms with Gasteiger partial charge in [-0.3, -0.25) is 0 Å². The molecule has 1 nitrogen and oxygen atoms in total. The molecule has 56 valence electrons. The third kappa shape index (κ3) is 2.69. The summed E-state index contributed by atoms with van der Waals surface area (Å²) in [5.41, 5.74) is 0.128. The van der Waals surface area contributed by atoms with Gasteiger partial charge in [0.15, 0.2) is 0 Å². The van der Waals surface area contributed by atoms with Crippen molar-refractivity contribution in [2.24, 2.45) is 5.41 Å². The predicted octanol–water partition coefficient (Wildman–Crippen LogP) is 0.937. The first-order valence-electron chi connectivity index (χ1n) is 3.13. The van der Waals surface area contributed by atoms with Crippen LogP contribution in [0.15, 0.2) is 0 Å². The van der Waals surface area contributed by atoms with Gasteiger partial charge in [0.2, 0.25) is 0 Å². The van der Waals surface area contributed by atoms with Gasteiger partial charge in [0.25, 0.3) is 0 Å². The van der Waals surface area contributed by atoms with Crippen LogP contribution in [0.5, 0.6) is 0 Å². The third-order valence-electron chi connectivity index (χ3n) is 1.80. The first-order valence-corrected chi connectivity index (χ1v) is 4.48. The molecule has 1 atom stereocenters. The molecule has 0 amide bonds. The zero-order valence-corrected chi connectivity index (χ0v) is 9.33. The first kappa shape index (κ1) is 9.47. The minimum absolute atomic E-state index is 0.128. The summed E-state index contributed by atoms with van der Waals surface area (Å²) in [6.45, 7) is 6.29. The molecule has 9 heavy (non-hydrogen) atoms. The van der Waals surface area contributed by atoms with Crippen LogP contribution in [0.25, 0.3) is 0 Å². The van der Waals surface area contributed by atoms with Crippen molar-refractivity contribution in [1.29, 1.82) is 0 Å². The summed E-state index contributed by atoms with van der Waals surface area (Å²) in [4.78, 5) is 0. The van der Waals surface area contributed by atoms with Crippen molar-refractivity contribution in [2.75, 3.05) is 5.88 Å². The monoisotopic (exact) mass is 166 g/mol. The Morgan fingerprint density at radius 1 is 1.67 bits per heavy atom. The fourth-order valence-electron chi connectivity index (χ4n) is 0.428. The van der Waals surface area contributed by atoms with Crippen LogP contribution in [0.3, 0.4) is 0 Å². The number of alkyl halides is 1. The molecule has 0 rings (SSSR count). The van der Waals surface area contributed by atoms with Crippen LogP contribution < -0.4 is 0 Å². The van der Waals surface area contributed by atoms with Crippen molar-refractivity contribution in [2.45, 2.75) is 26.9 Å². The second-order valence-corrected chi connectivity index (χ2v) is 3.74. The maximum atomic E-state index is 5.70. The Bertz CT molecular complexity index is 85.1. The molecule has 0 aromatic heterocycles. The molecular weight excluding hydrogens is 152 g/mol. The highest BCUT2D eigenvalue weighted by Gasteiger charge is 2.23. The maximum Gasteiger partial charge on any atom is 0.146 e. The van der Waals surface area contributed by atoms with E-state index in [1.807, 2.05) is 0 Å². The molecule has 0 aliphatic rings. The summed E-state index contributed by atoms with van der Waals surface area (Å²) in [5.74, 6) is 0.663. The Hall–Kier alpha value is 0.467. The molecular formula is C6H15ClOSi. The fraction of sp³-hybridized carbons (Fsp3) is 1.00. The summed E-state index contributed by atoms with van der Waals surface area (Å²) >= 11 is 5.70. The van der Waals surface area contributed by atoms with Crippen molar-refractivity contribution in [3.8, 4) is 0 Å². The highest BCUT2D eigenvalue weighted by Crippen LogP contribution is 2.23. The van der Waals surface area contributed by atoms with Crippen molar-refractivity contribution in [3.05, 3.63) is 0 Å². The van der Waals surface area contributed by atoms with E-state index in [2.05, 4.69) is 20.8 Å². The molecule has 0 radical (unpaired) electrons. The second-order valence-electron chi connectivity index (χ2n) is 3.00.